The molecule has 1 saturated heterocycles. The molecule has 2 heterocycles. The normalized spacial score (nSPS) is 17.4. The maximum atomic E-state index is 12.7. The van der Waals surface area contributed by atoms with Crippen LogP contribution in [0.25, 0.3) is 0 Å². The van der Waals surface area contributed by atoms with Crippen LogP contribution >= 0.6 is 0 Å². The highest BCUT2D eigenvalue weighted by Crippen LogP contribution is 2.40. The first kappa shape index (κ1) is 15.7. The molecule has 0 radical (unpaired) electrons. The van der Waals surface area contributed by atoms with Crippen molar-refractivity contribution in [2.45, 2.75) is 18.8 Å². The third-order valence-electron chi connectivity index (χ3n) is 5.00. The second-order valence-electron chi connectivity index (χ2n) is 6.80. The molecule has 2 aromatic rings. The fourth-order valence-electron chi connectivity index (χ4n) is 3.40. The Morgan fingerprint density at radius 1 is 1.20 bits per heavy atom. The number of hydrogen-bond donors (Lipinski definition) is 0. The number of benzene rings is 1. The van der Waals surface area contributed by atoms with Crippen molar-refractivity contribution in [3.8, 4) is 6.07 Å². The Hall–Kier alpha value is -2.81. The largest absolute Gasteiger partial charge is 0.353 e. The fraction of sp³-hybridized carbons (Fsp3) is 0.421. The summed E-state index contributed by atoms with van der Waals surface area (Å²) in [4.78, 5) is 16.8. The first-order valence-electron chi connectivity index (χ1n) is 8.74. The lowest BCUT2D eigenvalue weighted by molar-refractivity contribution is 0.0746. The maximum Gasteiger partial charge on any atom is 0.254 e. The number of carbonyl (C=O) groups is 1. The summed E-state index contributed by atoms with van der Waals surface area (Å²) in [6.45, 7) is 2.96. The highest BCUT2D eigenvalue weighted by Gasteiger charge is 2.29. The maximum absolute atomic E-state index is 12.7. The van der Waals surface area contributed by atoms with Gasteiger partial charge in [-0.3, -0.25) is 9.48 Å². The average molecular weight is 335 g/mol. The van der Waals surface area contributed by atoms with Gasteiger partial charge >= 0.3 is 0 Å². The van der Waals surface area contributed by atoms with Gasteiger partial charge < -0.3 is 9.80 Å². The van der Waals surface area contributed by atoms with Gasteiger partial charge in [0.1, 0.15) is 5.82 Å². The van der Waals surface area contributed by atoms with Gasteiger partial charge in [0.05, 0.1) is 17.3 Å². The number of hydrogen-bond acceptors (Lipinski definition) is 4. The van der Waals surface area contributed by atoms with Crippen molar-refractivity contribution in [3.63, 3.8) is 0 Å². The molecule has 0 unspecified atom stereocenters. The van der Waals surface area contributed by atoms with Crippen LogP contribution in [0.4, 0.5) is 5.82 Å². The van der Waals surface area contributed by atoms with E-state index in [0.717, 1.165) is 18.9 Å². The Kier molecular flexibility index (Phi) is 3.92. The lowest BCUT2D eigenvalue weighted by Crippen LogP contribution is -2.49. The topological polar surface area (TPSA) is 65.2 Å². The number of rotatable bonds is 3. The van der Waals surface area contributed by atoms with Crippen LogP contribution in [-0.2, 0) is 7.05 Å². The molecule has 1 aromatic carbocycles. The Morgan fingerprint density at radius 2 is 1.96 bits per heavy atom. The minimum Gasteiger partial charge on any atom is -0.353 e. The Labute approximate surface area is 147 Å². The van der Waals surface area contributed by atoms with Gasteiger partial charge in [-0.25, -0.2) is 0 Å². The summed E-state index contributed by atoms with van der Waals surface area (Å²) < 4.78 is 1.96. The molecule has 1 aliphatic heterocycles. The monoisotopic (exact) mass is 335 g/mol. The van der Waals surface area contributed by atoms with E-state index in [1.165, 1.54) is 18.5 Å². The van der Waals surface area contributed by atoms with E-state index < -0.39 is 0 Å². The molecule has 0 spiro atoms. The van der Waals surface area contributed by atoms with Crippen molar-refractivity contribution >= 4 is 11.7 Å². The molecule has 6 heteroatoms. The number of nitrogens with zero attached hydrogens (tertiary/aromatic N) is 5. The summed E-state index contributed by atoms with van der Waals surface area (Å²) >= 11 is 0. The van der Waals surface area contributed by atoms with E-state index in [-0.39, 0.29) is 5.91 Å². The van der Waals surface area contributed by atoms with Crippen molar-refractivity contribution in [1.82, 2.24) is 14.7 Å². The molecule has 4 rings (SSSR count). The van der Waals surface area contributed by atoms with Gasteiger partial charge in [0.25, 0.3) is 5.91 Å². The fourth-order valence-corrected chi connectivity index (χ4v) is 3.40. The Balaban J connectivity index is 1.42. The Bertz CT molecular complexity index is 838. The van der Waals surface area contributed by atoms with Gasteiger partial charge in [-0.2, -0.15) is 10.4 Å². The zero-order valence-electron chi connectivity index (χ0n) is 14.4. The number of amides is 1. The molecule has 0 atom stereocenters. The predicted molar refractivity (Wildman–Crippen MR) is 94.5 cm³/mol. The van der Waals surface area contributed by atoms with E-state index in [2.05, 4.69) is 22.1 Å². The molecule has 25 heavy (non-hydrogen) atoms. The van der Waals surface area contributed by atoms with Gasteiger partial charge in [-0.15, -0.1) is 0 Å². The Morgan fingerprint density at radius 3 is 2.64 bits per heavy atom. The summed E-state index contributed by atoms with van der Waals surface area (Å²) in [5, 5.41) is 13.6. The van der Waals surface area contributed by atoms with Crippen molar-refractivity contribution in [3.05, 3.63) is 47.2 Å². The summed E-state index contributed by atoms with van der Waals surface area (Å²) in [6.07, 6.45) is 2.50. The van der Waals surface area contributed by atoms with E-state index in [9.17, 15) is 4.79 Å². The SMILES string of the molecule is Cn1nc(C2CC2)cc1N1CCN(C(=O)c2cccc(C#N)c2)CC1. The minimum atomic E-state index is 0.000394. The summed E-state index contributed by atoms with van der Waals surface area (Å²) in [6, 6.07) is 11.2. The van der Waals surface area contributed by atoms with Crippen LogP contribution in [0, 0.1) is 11.3 Å². The number of carbonyl (C=O) groups excluding carboxylic acids is 1. The average Bonchev–Trinajstić information content (AvgIpc) is 3.43. The number of anilines is 1. The second kappa shape index (κ2) is 6.25. The van der Waals surface area contributed by atoms with Crippen molar-refractivity contribution in [2.24, 2.45) is 7.05 Å². The lowest BCUT2D eigenvalue weighted by Gasteiger charge is -2.35. The van der Waals surface area contributed by atoms with E-state index in [0.29, 0.717) is 30.1 Å². The van der Waals surface area contributed by atoms with Crippen molar-refractivity contribution in [2.75, 3.05) is 31.1 Å². The third kappa shape index (κ3) is 3.10. The van der Waals surface area contributed by atoms with Crippen LogP contribution in [0.1, 0.15) is 40.4 Å². The van der Waals surface area contributed by atoms with Crippen LogP contribution in [0.3, 0.4) is 0 Å². The van der Waals surface area contributed by atoms with Crippen LogP contribution < -0.4 is 4.90 Å². The minimum absolute atomic E-state index is 0.000394. The van der Waals surface area contributed by atoms with Crippen LogP contribution in [0.2, 0.25) is 0 Å². The molecule has 6 nitrogen and oxygen atoms in total. The highest BCUT2D eigenvalue weighted by molar-refractivity contribution is 5.94. The summed E-state index contributed by atoms with van der Waals surface area (Å²) in [7, 11) is 1.99. The smallest absolute Gasteiger partial charge is 0.254 e. The molecular weight excluding hydrogens is 314 g/mol. The van der Waals surface area contributed by atoms with Crippen LogP contribution in [-0.4, -0.2) is 46.8 Å². The molecule has 2 aliphatic rings. The van der Waals surface area contributed by atoms with E-state index in [1.54, 1.807) is 24.3 Å². The van der Waals surface area contributed by atoms with Gasteiger partial charge in [0, 0.05) is 50.8 Å². The third-order valence-corrected chi connectivity index (χ3v) is 5.00. The lowest BCUT2D eigenvalue weighted by atomic mass is 10.1. The summed E-state index contributed by atoms with van der Waals surface area (Å²) in [5.74, 6) is 1.79. The van der Waals surface area contributed by atoms with E-state index in [1.807, 2.05) is 16.6 Å². The number of aromatic nitrogens is 2. The second-order valence-corrected chi connectivity index (χ2v) is 6.80. The van der Waals surface area contributed by atoms with Gasteiger partial charge in [-0.05, 0) is 31.0 Å². The first-order chi connectivity index (χ1) is 12.2. The zero-order valence-corrected chi connectivity index (χ0v) is 14.4. The molecule has 2 fully saturated rings. The van der Waals surface area contributed by atoms with Crippen molar-refractivity contribution < 1.29 is 4.79 Å². The molecule has 0 bridgehead atoms. The first-order valence-corrected chi connectivity index (χ1v) is 8.74. The van der Waals surface area contributed by atoms with Crippen LogP contribution in [0.15, 0.2) is 30.3 Å². The number of piperazine rings is 1. The standard InChI is InChI=1S/C19H21N5O/c1-22-18(12-17(21-22)15-5-6-15)23-7-9-24(10-8-23)19(25)16-4-2-3-14(11-16)13-20/h2-4,11-12,15H,5-10H2,1H3. The van der Waals surface area contributed by atoms with Gasteiger partial charge in [0.15, 0.2) is 0 Å². The molecule has 128 valence electrons. The molecule has 1 saturated carbocycles. The molecular formula is C19H21N5O. The number of nitriles is 1. The zero-order chi connectivity index (χ0) is 17.4. The molecule has 0 N–H and O–H groups in total. The molecule has 1 aliphatic carbocycles. The van der Waals surface area contributed by atoms with Gasteiger partial charge in [0.2, 0.25) is 0 Å². The quantitative estimate of drug-likeness (QED) is 0.862. The van der Waals surface area contributed by atoms with E-state index >= 15 is 0 Å². The number of aryl methyl sites for hydroxylation is 1. The summed E-state index contributed by atoms with van der Waals surface area (Å²) in [5.41, 5.74) is 2.31. The van der Waals surface area contributed by atoms with Crippen molar-refractivity contribution in [1.29, 1.82) is 5.26 Å². The highest BCUT2D eigenvalue weighted by atomic mass is 16.2. The van der Waals surface area contributed by atoms with E-state index in [4.69, 9.17) is 5.26 Å². The van der Waals surface area contributed by atoms with Gasteiger partial charge in [-0.1, -0.05) is 6.07 Å². The molecule has 1 amide bonds. The molecule has 1 aromatic heterocycles. The van der Waals surface area contributed by atoms with Crippen LogP contribution in [0.5, 0.6) is 0 Å². The predicted octanol–water partition coefficient (Wildman–Crippen LogP) is 2.13.